The largest absolute Gasteiger partial charge is 0.494 e. The number of amides is 2. The summed E-state index contributed by atoms with van der Waals surface area (Å²) in [5.41, 5.74) is 3.35. The third kappa shape index (κ3) is 2.40. The number of benzene rings is 3. The maximum Gasteiger partial charge on any atom is 0.239 e. The van der Waals surface area contributed by atoms with Crippen LogP contribution in [-0.2, 0) is 15.0 Å². The van der Waals surface area contributed by atoms with Crippen molar-refractivity contribution < 1.29 is 19.5 Å². The van der Waals surface area contributed by atoms with Crippen molar-refractivity contribution in [3.8, 4) is 5.75 Å². The molecule has 33 heavy (non-hydrogen) atoms. The summed E-state index contributed by atoms with van der Waals surface area (Å²) >= 11 is 0. The Morgan fingerprint density at radius 3 is 2.12 bits per heavy atom. The van der Waals surface area contributed by atoms with Gasteiger partial charge in [-0.05, 0) is 53.4 Å². The lowest BCUT2D eigenvalue weighted by Gasteiger charge is -2.52. The molecule has 2 amide bonds. The lowest BCUT2D eigenvalue weighted by molar-refractivity contribution is -0.122. The summed E-state index contributed by atoms with van der Waals surface area (Å²) in [7, 11) is 0. The molecule has 1 fully saturated rings. The van der Waals surface area contributed by atoms with Gasteiger partial charge in [-0.3, -0.25) is 9.59 Å². The molecular formula is C27H22N2O4. The van der Waals surface area contributed by atoms with Crippen LogP contribution in [-0.4, -0.2) is 29.8 Å². The molecule has 1 aliphatic heterocycles. The third-order valence-corrected chi connectivity index (χ3v) is 7.35. The molecule has 4 aliphatic rings. The molecule has 0 radical (unpaired) electrons. The van der Waals surface area contributed by atoms with E-state index in [1.165, 1.54) is 11.1 Å². The molecule has 3 aromatic carbocycles. The van der Waals surface area contributed by atoms with Crippen molar-refractivity contribution in [1.29, 1.82) is 0 Å². The molecule has 6 nitrogen and oxygen atoms in total. The van der Waals surface area contributed by atoms with E-state index in [4.69, 9.17) is 4.74 Å². The minimum absolute atomic E-state index is 0.223. The van der Waals surface area contributed by atoms with Gasteiger partial charge in [0.1, 0.15) is 5.75 Å². The van der Waals surface area contributed by atoms with Crippen LogP contribution in [0.15, 0.2) is 78.0 Å². The lowest BCUT2D eigenvalue weighted by Crippen LogP contribution is -2.54. The molecule has 0 unspecified atom stereocenters. The van der Waals surface area contributed by atoms with Crippen molar-refractivity contribution in [2.75, 3.05) is 11.5 Å². The predicted molar refractivity (Wildman–Crippen MR) is 123 cm³/mol. The fourth-order valence-electron chi connectivity index (χ4n) is 6.25. The van der Waals surface area contributed by atoms with Gasteiger partial charge in [0.25, 0.3) is 0 Å². The highest BCUT2D eigenvalue weighted by Crippen LogP contribution is 2.63. The number of hydrogen-bond acceptors (Lipinski definition) is 5. The van der Waals surface area contributed by atoms with Crippen LogP contribution in [0.25, 0.3) is 0 Å². The van der Waals surface area contributed by atoms with Crippen molar-refractivity contribution in [2.45, 2.75) is 18.3 Å². The van der Waals surface area contributed by atoms with Gasteiger partial charge in [-0.15, -0.1) is 5.16 Å². The number of anilines is 1. The molecule has 0 aromatic heterocycles. The Bertz CT molecular complexity index is 1270. The molecule has 1 N–H and O–H groups in total. The number of oxime groups is 1. The first-order chi connectivity index (χ1) is 16.1. The topological polar surface area (TPSA) is 79.2 Å². The molecular weight excluding hydrogens is 416 g/mol. The first-order valence-corrected chi connectivity index (χ1v) is 11.1. The van der Waals surface area contributed by atoms with Crippen molar-refractivity contribution >= 4 is 23.7 Å². The maximum absolute atomic E-state index is 14.0. The highest BCUT2D eigenvalue weighted by atomic mass is 16.5. The Kier molecular flexibility index (Phi) is 4.21. The SMILES string of the molecule is CCOc1ccc(N2C(=O)[C@@H]3C4c5ccccc5C(C=NO)(c5ccccc54)[C@@H]3C2=O)cc1. The Balaban J connectivity index is 1.58. The Labute approximate surface area is 191 Å². The fourth-order valence-corrected chi connectivity index (χ4v) is 6.25. The van der Waals surface area contributed by atoms with Crippen LogP contribution in [0.4, 0.5) is 5.69 Å². The smallest absolute Gasteiger partial charge is 0.239 e. The van der Waals surface area contributed by atoms with Crippen LogP contribution < -0.4 is 9.64 Å². The fraction of sp³-hybridized carbons (Fsp3) is 0.222. The molecule has 0 saturated carbocycles. The minimum atomic E-state index is -1.02. The first kappa shape index (κ1) is 19.7. The molecule has 2 bridgehead atoms. The average Bonchev–Trinajstić information content (AvgIpc) is 3.11. The van der Waals surface area contributed by atoms with Gasteiger partial charge >= 0.3 is 0 Å². The number of hydrogen-bond donors (Lipinski definition) is 1. The number of ether oxygens (including phenoxy) is 1. The van der Waals surface area contributed by atoms with E-state index >= 15 is 0 Å². The van der Waals surface area contributed by atoms with Crippen LogP contribution in [0.5, 0.6) is 5.75 Å². The van der Waals surface area contributed by atoms with Gasteiger partial charge in [0.2, 0.25) is 11.8 Å². The number of carbonyl (C=O) groups is 2. The third-order valence-electron chi connectivity index (χ3n) is 7.35. The van der Waals surface area contributed by atoms with Gasteiger partial charge in [-0.2, -0.15) is 0 Å². The summed E-state index contributed by atoms with van der Waals surface area (Å²) in [5, 5.41) is 13.2. The van der Waals surface area contributed by atoms with Crippen molar-refractivity contribution in [1.82, 2.24) is 0 Å². The van der Waals surface area contributed by atoms with Gasteiger partial charge in [0.05, 0.1) is 35.8 Å². The van der Waals surface area contributed by atoms with E-state index < -0.39 is 17.3 Å². The average molecular weight is 438 g/mol. The number of rotatable bonds is 4. The molecule has 7 rings (SSSR count). The highest BCUT2D eigenvalue weighted by Gasteiger charge is 2.68. The zero-order chi connectivity index (χ0) is 22.7. The zero-order valence-electron chi connectivity index (χ0n) is 18.0. The zero-order valence-corrected chi connectivity index (χ0v) is 18.0. The molecule has 2 atom stereocenters. The van der Waals surface area contributed by atoms with E-state index in [1.807, 2.05) is 55.5 Å². The number of imide groups is 1. The summed E-state index contributed by atoms with van der Waals surface area (Å²) in [6.45, 7) is 2.44. The van der Waals surface area contributed by atoms with E-state index in [-0.39, 0.29) is 17.7 Å². The van der Waals surface area contributed by atoms with Crippen LogP contribution in [0, 0.1) is 11.8 Å². The van der Waals surface area contributed by atoms with Crippen LogP contribution in [0.2, 0.25) is 0 Å². The number of carbonyl (C=O) groups excluding carboxylic acids is 2. The molecule has 6 heteroatoms. The van der Waals surface area contributed by atoms with Gasteiger partial charge in [-0.25, -0.2) is 4.90 Å². The quantitative estimate of drug-likeness (QED) is 0.288. The van der Waals surface area contributed by atoms with Gasteiger partial charge in [-0.1, -0.05) is 48.5 Å². The standard InChI is InChI=1S/C27H22N2O4/c1-2-33-17-13-11-16(12-14-17)29-25(30)23-22-18-7-3-5-9-20(18)27(15-28-32,24(23)26(29)31)21-10-6-4-8-19(21)22/h3-15,22-24,32H,2H2,1H3/t22?,23-,24+,27?/m1/s1. The second kappa shape index (κ2) is 7.04. The second-order valence-corrected chi connectivity index (χ2v) is 8.71. The normalized spacial score (nSPS) is 26.9. The number of nitrogens with zero attached hydrogens (tertiary/aromatic N) is 2. The Morgan fingerprint density at radius 2 is 1.55 bits per heavy atom. The van der Waals surface area contributed by atoms with Gasteiger partial charge in [0, 0.05) is 5.92 Å². The van der Waals surface area contributed by atoms with E-state index in [0.717, 1.165) is 22.3 Å². The summed E-state index contributed by atoms with van der Waals surface area (Å²) in [6.07, 6.45) is 1.45. The van der Waals surface area contributed by atoms with Crippen LogP contribution >= 0.6 is 0 Å². The van der Waals surface area contributed by atoms with Crippen molar-refractivity contribution in [3.63, 3.8) is 0 Å². The Morgan fingerprint density at radius 1 is 0.939 bits per heavy atom. The summed E-state index contributed by atoms with van der Waals surface area (Å²) in [6, 6.07) is 22.8. The van der Waals surface area contributed by atoms with Crippen molar-refractivity contribution in [2.24, 2.45) is 17.0 Å². The van der Waals surface area contributed by atoms with Gasteiger partial charge in [0.15, 0.2) is 0 Å². The molecule has 1 heterocycles. The summed E-state index contributed by atoms with van der Waals surface area (Å²) < 4.78 is 5.51. The van der Waals surface area contributed by atoms with Crippen LogP contribution in [0.3, 0.4) is 0 Å². The van der Waals surface area contributed by atoms with Gasteiger partial charge < -0.3 is 9.94 Å². The first-order valence-electron chi connectivity index (χ1n) is 11.1. The molecule has 3 aliphatic carbocycles. The molecule has 1 saturated heterocycles. The van der Waals surface area contributed by atoms with E-state index in [2.05, 4.69) is 5.16 Å². The monoisotopic (exact) mass is 438 g/mol. The minimum Gasteiger partial charge on any atom is -0.494 e. The molecule has 164 valence electrons. The van der Waals surface area contributed by atoms with Crippen molar-refractivity contribution in [3.05, 3.63) is 95.1 Å². The second-order valence-electron chi connectivity index (χ2n) is 8.71. The summed E-state index contributed by atoms with van der Waals surface area (Å²) in [5.74, 6) is -1.32. The molecule has 0 spiro atoms. The lowest BCUT2D eigenvalue weighted by atomic mass is 9.47. The van der Waals surface area contributed by atoms with E-state index in [1.54, 1.807) is 24.3 Å². The Hall–Kier alpha value is -3.93. The molecule has 3 aromatic rings. The predicted octanol–water partition coefficient (Wildman–Crippen LogP) is 4.10. The van der Waals surface area contributed by atoms with E-state index in [9.17, 15) is 14.8 Å². The summed E-state index contributed by atoms with van der Waals surface area (Å²) in [4.78, 5) is 29.2. The van der Waals surface area contributed by atoms with E-state index in [0.29, 0.717) is 18.0 Å². The highest BCUT2D eigenvalue weighted by molar-refractivity contribution is 6.25. The van der Waals surface area contributed by atoms with Crippen LogP contribution in [0.1, 0.15) is 35.1 Å². The maximum atomic E-state index is 14.0.